The Bertz CT molecular complexity index is 1480. The first-order valence-electron chi connectivity index (χ1n) is 23.7. The summed E-state index contributed by atoms with van der Waals surface area (Å²) in [5, 5.41) is 14.9. The lowest BCUT2D eigenvalue weighted by atomic mass is 9.95. The number of phosphoric ester groups is 1. The second-order valence-corrected chi connectivity index (χ2v) is 22.2. The average molecular weight is 926 g/mol. The lowest BCUT2D eigenvalue weighted by molar-refractivity contribution is -0.870. The predicted octanol–water partition coefficient (Wildman–Crippen LogP) is 13.0. The van der Waals surface area contributed by atoms with E-state index in [4.69, 9.17) is 18.5 Å². The number of ether oxygens (including phenoxy) is 2. The molecule has 0 radical (unpaired) electrons. The average Bonchev–Trinajstić information content (AvgIpc) is 3.24. The highest BCUT2D eigenvalue weighted by Crippen LogP contribution is 2.48. The number of nitrogens with zero attached hydrogens (tertiary/aromatic N) is 3. The van der Waals surface area contributed by atoms with E-state index in [0.29, 0.717) is 30.1 Å². The van der Waals surface area contributed by atoms with Crippen molar-refractivity contribution in [2.45, 2.75) is 153 Å². The third-order valence-corrected chi connectivity index (χ3v) is 15.7. The Kier molecular flexibility index (Phi) is 27.3. The molecule has 354 valence electrons. The Morgan fingerprint density at radius 2 is 1.26 bits per heavy atom. The number of pyridine rings is 1. The van der Waals surface area contributed by atoms with Crippen LogP contribution in [0.2, 0.25) is 0 Å². The summed E-state index contributed by atoms with van der Waals surface area (Å²) in [6.45, 7) is 8.00. The van der Waals surface area contributed by atoms with E-state index in [2.05, 4.69) is 24.1 Å². The molecule has 1 aliphatic heterocycles. The number of benzene rings is 1. The summed E-state index contributed by atoms with van der Waals surface area (Å²) in [5.41, 5.74) is 0.709. The van der Waals surface area contributed by atoms with Crippen molar-refractivity contribution < 1.29 is 37.4 Å². The summed E-state index contributed by atoms with van der Waals surface area (Å²) < 4.78 is 36.9. The highest BCUT2D eigenvalue weighted by molar-refractivity contribution is 8.17. The third-order valence-electron chi connectivity index (χ3n) is 11.2. The Morgan fingerprint density at radius 1 is 0.774 bits per heavy atom. The number of nitrogens with one attached hydrogen (secondary N) is 1. The van der Waals surface area contributed by atoms with Crippen molar-refractivity contribution in [3.05, 3.63) is 58.3 Å². The van der Waals surface area contributed by atoms with Gasteiger partial charge in [0.15, 0.2) is 0 Å². The first-order chi connectivity index (χ1) is 29.9. The maximum atomic E-state index is 12.7. The number of aromatic nitrogens is 1. The second-order valence-electron chi connectivity index (χ2n) is 18.2. The van der Waals surface area contributed by atoms with Crippen molar-refractivity contribution in [3.8, 4) is 5.75 Å². The topological polar surface area (TPSA) is 142 Å². The molecular weight excluding hydrogens is 844 g/mol. The normalized spacial score (nSPS) is 15.9. The van der Waals surface area contributed by atoms with Crippen molar-refractivity contribution in [1.82, 2.24) is 4.98 Å². The molecule has 1 aliphatic rings. The van der Waals surface area contributed by atoms with Gasteiger partial charge in [0.1, 0.15) is 30.9 Å². The van der Waals surface area contributed by atoms with E-state index in [1.165, 1.54) is 128 Å². The molecule has 3 rings (SSSR count). The number of anilines is 1. The molecular formula is C47H82N4O8PS2+. The fourth-order valence-corrected chi connectivity index (χ4v) is 11.4. The fourth-order valence-electron chi connectivity index (χ4n) is 7.34. The first kappa shape index (κ1) is 54.4. The Labute approximate surface area is 383 Å². The number of likely N-dealkylation sites (N-methyl/N-ethyl adjacent to an activating group) is 1. The zero-order valence-corrected chi connectivity index (χ0v) is 41.4. The van der Waals surface area contributed by atoms with E-state index in [-0.39, 0.29) is 34.1 Å². The van der Waals surface area contributed by atoms with Crippen LogP contribution in [-0.2, 0) is 18.6 Å². The predicted molar refractivity (Wildman–Crippen MR) is 259 cm³/mol. The van der Waals surface area contributed by atoms with Gasteiger partial charge in [-0.05, 0) is 36.6 Å². The third kappa shape index (κ3) is 23.9. The summed E-state index contributed by atoms with van der Waals surface area (Å²) in [6, 6.07) is 9.92. The number of hydrogen-bond donors (Lipinski definition) is 2. The molecule has 1 fully saturated rings. The van der Waals surface area contributed by atoms with Crippen LogP contribution in [0.1, 0.15) is 154 Å². The molecule has 12 nitrogen and oxygen atoms in total. The molecule has 1 aromatic heterocycles. The number of unbranched alkanes of at least 4 members (excludes halogenated alkanes) is 18. The number of thioether (sulfide) groups is 2. The summed E-state index contributed by atoms with van der Waals surface area (Å²) in [7, 11) is 1.61. The number of quaternary nitrogens is 1. The van der Waals surface area contributed by atoms with Gasteiger partial charge in [0.25, 0.3) is 5.69 Å². The molecule has 0 bridgehead atoms. The van der Waals surface area contributed by atoms with Crippen molar-refractivity contribution in [1.29, 1.82) is 0 Å². The standard InChI is InChI=1S/C47H81N4O8PS2/c1-6-8-10-12-14-16-18-20-22-24-33-56-37-47(38-57-34-25-23-21-19-17-15-13-11-9-7-2)39-61-46(62-40-47)45(49-44-31-28-42(36-48-44)50(52)53)41-26-29-43(30-27-41)59-60(54,55)58-35-32-51(3,4)5/h26-31,36,45-46H,6-25,32-35,37-40H2,1-5H3,(H-,48,49,54,55)/p+1. The molecule has 2 heterocycles. The number of rotatable bonds is 37. The van der Waals surface area contributed by atoms with Crippen LogP contribution < -0.4 is 9.84 Å². The lowest BCUT2D eigenvalue weighted by Crippen LogP contribution is -2.42. The zero-order valence-electron chi connectivity index (χ0n) is 38.9. The van der Waals surface area contributed by atoms with Crippen LogP contribution >= 0.6 is 31.3 Å². The SMILES string of the molecule is CCCCCCCCCCCCOCC1(COCCCCCCCCCCCC)CSC(C(Nc2ccc([N+](=O)[O-])cn2)c2ccc(OP(=O)(O)OCC[N+](C)(C)C)cc2)SC1. The molecule has 2 N–H and O–H groups in total. The molecule has 2 aromatic rings. The van der Waals surface area contributed by atoms with Gasteiger partial charge < -0.3 is 23.8 Å². The Balaban J connectivity index is 1.63. The van der Waals surface area contributed by atoms with Gasteiger partial charge in [-0.3, -0.25) is 19.5 Å². The maximum Gasteiger partial charge on any atom is 0.527 e. The minimum atomic E-state index is -4.32. The molecule has 15 heteroatoms. The first-order valence-corrected chi connectivity index (χ1v) is 27.3. The van der Waals surface area contributed by atoms with Crippen LogP contribution in [0.3, 0.4) is 0 Å². The van der Waals surface area contributed by atoms with Crippen LogP contribution in [-0.4, -0.2) is 96.1 Å². The summed E-state index contributed by atoms with van der Waals surface area (Å²) in [6.07, 6.45) is 27.2. The molecule has 0 aliphatic carbocycles. The molecule has 2 unspecified atom stereocenters. The van der Waals surface area contributed by atoms with E-state index in [1.54, 1.807) is 18.2 Å². The molecule has 0 saturated carbocycles. The summed E-state index contributed by atoms with van der Waals surface area (Å²) >= 11 is 3.72. The Morgan fingerprint density at radius 3 is 1.69 bits per heavy atom. The fraction of sp³-hybridized carbons (Fsp3) is 0.766. The number of hydrogen-bond acceptors (Lipinski definition) is 11. The monoisotopic (exact) mass is 926 g/mol. The van der Waals surface area contributed by atoms with Gasteiger partial charge in [-0.1, -0.05) is 142 Å². The van der Waals surface area contributed by atoms with Crippen LogP contribution in [0.25, 0.3) is 0 Å². The number of phosphoric acid groups is 1. The van der Waals surface area contributed by atoms with Gasteiger partial charge in [-0.25, -0.2) is 9.55 Å². The van der Waals surface area contributed by atoms with Gasteiger partial charge in [0.05, 0.1) is 49.9 Å². The van der Waals surface area contributed by atoms with Crippen molar-refractivity contribution in [2.75, 3.05) is 77.5 Å². The molecule has 62 heavy (non-hydrogen) atoms. The van der Waals surface area contributed by atoms with Crippen molar-refractivity contribution >= 4 is 42.9 Å². The molecule has 0 spiro atoms. The Hall–Kier alpha value is -1.90. The van der Waals surface area contributed by atoms with Crippen LogP contribution in [0.4, 0.5) is 11.5 Å². The van der Waals surface area contributed by atoms with Gasteiger partial charge in [0.2, 0.25) is 0 Å². The molecule has 1 aromatic carbocycles. The lowest BCUT2D eigenvalue weighted by Gasteiger charge is -2.41. The second kappa shape index (κ2) is 31.1. The van der Waals surface area contributed by atoms with Crippen molar-refractivity contribution in [2.24, 2.45) is 5.41 Å². The minimum absolute atomic E-state index is 0.0543. The van der Waals surface area contributed by atoms with Gasteiger partial charge >= 0.3 is 7.82 Å². The zero-order chi connectivity index (χ0) is 44.9. The highest BCUT2D eigenvalue weighted by atomic mass is 32.2. The van der Waals surface area contributed by atoms with Crippen LogP contribution in [0.5, 0.6) is 5.75 Å². The maximum absolute atomic E-state index is 12.7. The molecule has 1 saturated heterocycles. The number of nitro groups is 1. The van der Waals surface area contributed by atoms with E-state index < -0.39 is 12.7 Å². The van der Waals surface area contributed by atoms with Crippen LogP contribution in [0.15, 0.2) is 42.6 Å². The quantitative estimate of drug-likeness (QED) is 0.0219. The van der Waals surface area contributed by atoms with E-state index >= 15 is 0 Å². The highest BCUT2D eigenvalue weighted by Gasteiger charge is 2.40. The minimum Gasteiger partial charge on any atom is -0.404 e. The van der Waals surface area contributed by atoms with Gasteiger partial charge in [-0.15, -0.1) is 23.5 Å². The molecule has 2 atom stereocenters. The van der Waals surface area contributed by atoms with E-state index in [1.807, 2.05) is 56.8 Å². The summed E-state index contributed by atoms with van der Waals surface area (Å²) in [4.78, 5) is 25.7. The van der Waals surface area contributed by atoms with E-state index in [0.717, 1.165) is 43.1 Å². The van der Waals surface area contributed by atoms with Crippen LogP contribution in [0, 0.1) is 15.5 Å². The van der Waals surface area contributed by atoms with Gasteiger partial charge in [0, 0.05) is 36.2 Å². The van der Waals surface area contributed by atoms with Crippen molar-refractivity contribution in [3.63, 3.8) is 0 Å². The molecule has 0 amide bonds. The van der Waals surface area contributed by atoms with E-state index in [9.17, 15) is 19.6 Å². The largest absolute Gasteiger partial charge is 0.527 e. The summed E-state index contributed by atoms with van der Waals surface area (Å²) in [5.74, 6) is 2.45. The van der Waals surface area contributed by atoms with Gasteiger partial charge in [-0.2, -0.15) is 0 Å². The smallest absolute Gasteiger partial charge is 0.404 e.